The molecule has 0 radical (unpaired) electrons. The van der Waals surface area contributed by atoms with Crippen LogP contribution in [0.1, 0.15) is 74.6 Å². The topological polar surface area (TPSA) is 65.2 Å². The lowest BCUT2D eigenvalue weighted by Gasteiger charge is -2.34. The maximum atomic E-state index is 14.3. The summed E-state index contributed by atoms with van der Waals surface area (Å²) in [6, 6.07) is 22.5. The van der Waals surface area contributed by atoms with Crippen molar-refractivity contribution < 1.29 is 9.59 Å². The van der Waals surface area contributed by atoms with E-state index in [-0.39, 0.29) is 24.3 Å². The average molecular weight is 542 g/mol. The number of hydrogen-bond acceptors (Lipinski definition) is 2. The highest BCUT2D eigenvalue weighted by Crippen LogP contribution is 2.32. The van der Waals surface area contributed by atoms with E-state index in [2.05, 4.69) is 24.1 Å². The second kappa shape index (κ2) is 12.1. The van der Waals surface area contributed by atoms with E-state index in [1.165, 1.54) is 12.0 Å². The Hall–Kier alpha value is -3.57. The summed E-state index contributed by atoms with van der Waals surface area (Å²) in [6.07, 6.45) is 7.40. The number of benzene rings is 3. The zero-order valence-corrected chi connectivity index (χ0v) is 23.4. The first kappa shape index (κ1) is 27.0. The highest BCUT2D eigenvalue weighted by Gasteiger charge is 2.34. The summed E-state index contributed by atoms with van der Waals surface area (Å²) >= 11 is 6.22. The maximum Gasteiger partial charge on any atom is 0.248 e. The number of amides is 2. The van der Waals surface area contributed by atoms with Crippen LogP contribution in [0.5, 0.6) is 0 Å². The summed E-state index contributed by atoms with van der Waals surface area (Å²) in [5.41, 5.74) is 4.49. The molecule has 1 aliphatic rings. The Labute approximate surface area is 235 Å². The quantitative estimate of drug-likeness (QED) is 0.240. The number of para-hydroxylation sites is 1. The van der Waals surface area contributed by atoms with E-state index < -0.39 is 6.04 Å². The van der Waals surface area contributed by atoms with E-state index in [9.17, 15) is 9.59 Å². The van der Waals surface area contributed by atoms with Crippen molar-refractivity contribution in [2.75, 3.05) is 4.90 Å². The summed E-state index contributed by atoms with van der Waals surface area (Å²) in [5, 5.41) is 4.88. The molecule has 1 atom stereocenters. The third kappa shape index (κ3) is 6.20. The normalized spacial score (nSPS) is 14.9. The molecule has 0 aliphatic heterocycles. The molecular formula is C33H36ClN3O2. The lowest BCUT2D eigenvalue weighted by molar-refractivity contribution is -0.127. The van der Waals surface area contributed by atoms with Crippen molar-refractivity contribution in [2.24, 2.45) is 0 Å². The fraction of sp³-hybridized carbons (Fsp3) is 0.333. The molecule has 0 saturated heterocycles. The molecular weight excluding hydrogens is 506 g/mol. The van der Waals surface area contributed by atoms with E-state index in [0.717, 1.165) is 47.7 Å². The van der Waals surface area contributed by atoms with Gasteiger partial charge in [-0.15, -0.1) is 0 Å². The molecule has 1 aliphatic carbocycles. The number of aromatic nitrogens is 1. The van der Waals surface area contributed by atoms with Gasteiger partial charge < -0.3 is 10.3 Å². The first-order valence-electron chi connectivity index (χ1n) is 13.9. The molecule has 39 heavy (non-hydrogen) atoms. The number of H-pyrrole nitrogens is 1. The molecule has 0 bridgehead atoms. The minimum Gasteiger partial charge on any atom is -0.361 e. The summed E-state index contributed by atoms with van der Waals surface area (Å²) in [5.74, 6) is 0.0521. The monoisotopic (exact) mass is 541 g/mol. The van der Waals surface area contributed by atoms with Gasteiger partial charge in [-0.25, -0.2) is 0 Å². The van der Waals surface area contributed by atoms with E-state index in [1.807, 2.05) is 66.9 Å². The van der Waals surface area contributed by atoms with E-state index >= 15 is 0 Å². The molecule has 2 amide bonds. The van der Waals surface area contributed by atoms with Gasteiger partial charge in [0.1, 0.15) is 6.04 Å². The van der Waals surface area contributed by atoms with Gasteiger partial charge in [0.25, 0.3) is 0 Å². The van der Waals surface area contributed by atoms with Gasteiger partial charge in [-0.3, -0.25) is 14.5 Å². The predicted octanol–water partition coefficient (Wildman–Crippen LogP) is 7.71. The van der Waals surface area contributed by atoms with Crippen molar-refractivity contribution in [2.45, 2.75) is 70.4 Å². The number of rotatable bonds is 8. The zero-order chi connectivity index (χ0) is 27.4. The summed E-state index contributed by atoms with van der Waals surface area (Å²) in [6.45, 7) is 4.28. The number of halogens is 1. The lowest BCUT2D eigenvalue weighted by Crippen LogP contribution is -2.47. The number of hydrogen-bond donors (Lipinski definition) is 2. The SMILES string of the molecule is CC(C)c1ccc(N(C(=O)Cc2c[nH]c3ccccc23)C(C(=O)NC2CCCCC2)c2ccc(Cl)cc2)cc1. The molecule has 1 saturated carbocycles. The Morgan fingerprint density at radius 1 is 0.923 bits per heavy atom. The molecule has 5 nitrogen and oxygen atoms in total. The van der Waals surface area contributed by atoms with Crippen molar-refractivity contribution in [3.05, 3.63) is 101 Å². The number of nitrogens with one attached hydrogen (secondary N) is 2. The predicted molar refractivity (Wildman–Crippen MR) is 159 cm³/mol. The molecule has 1 heterocycles. The summed E-state index contributed by atoms with van der Waals surface area (Å²) in [7, 11) is 0. The standard InChI is InChI=1S/C33H36ClN3O2/c1-22(2)23-14-18-28(19-15-23)37(31(38)20-25-21-35-30-11-7-6-10-29(25)30)32(24-12-16-26(34)17-13-24)33(39)36-27-8-4-3-5-9-27/h6-7,10-19,21-22,27,32,35H,3-5,8-9,20H2,1-2H3,(H,36,39). The molecule has 3 aromatic carbocycles. The highest BCUT2D eigenvalue weighted by atomic mass is 35.5. The van der Waals surface area contributed by atoms with E-state index in [4.69, 9.17) is 11.6 Å². The van der Waals surface area contributed by atoms with Gasteiger partial charge in [0.15, 0.2) is 0 Å². The molecule has 2 N–H and O–H groups in total. The average Bonchev–Trinajstić information content (AvgIpc) is 3.35. The highest BCUT2D eigenvalue weighted by molar-refractivity contribution is 6.30. The van der Waals surface area contributed by atoms with Gasteiger partial charge in [0.2, 0.25) is 11.8 Å². The third-order valence-corrected chi connectivity index (χ3v) is 8.02. The van der Waals surface area contributed by atoms with Gasteiger partial charge in [0, 0.05) is 33.9 Å². The molecule has 1 fully saturated rings. The Kier molecular flexibility index (Phi) is 8.37. The number of anilines is 1. The number of nitrogens with zero attached hydrogens (tertiary/aromatic N) is 1. The number of carbonyl (C=O) groups excluding carboxylic acids is 2. The van der Waals surface area contributed by atoms with Crippen LogP contribution in [0.15, 0.2) is 79.0 Å². The second-order valence-corrected chi connectivity index (χ2v) is 11.3. The van der Waals surface area contributed by atoms with Crippen molar-refractivity contribution in [1.82, 2.24) is 10.3 Å². The Bertz CT molecular complexity index is 1420. The fourth-order valence-electron chi connectivity index (χ4n) is 5.57. The summed E-state index contributed by atoms with van der Waals surface area (Å²) < 4.78 is 0. The van der Waals surface area contributed by atoms with Crippen molar-refractivity contribution in [1.29, 1.82) is 0 Å². The third-order valence-electron chi connectivity index (χ3n) is 7.77. The summed E-state index contributed by atoms with van der Waals surface area (Å²) in [4.78, 5) is 33.3. The van der Waals surface area contributed by atoms with Gasteiger partial charge in [0.05, 0.1) is 6.42 Å². The minimum absolute atomic E-state index is 0.120. The van der Waals surface area contributed by atoms with Crippen molar-refractivity contribution >= 4 is 40.0 Å². The molecule has 4 aromatic rings. The van der Waals surface area contributed by atoms with Crippen LogP contribution in [-0.4, -0.2) is 22.8 Å². The minimum atomic E-state index is -0.827. The number of fused-ring (bicyclic) bond motifs is 1. The van der Waals surface area contributed by atoms with Crippen LogP contribution in [0.25, 0.3) is 10.9 Å². The Balaban J connectivity index is 1.56. The van der Waals surface area contributed by atoms with Gasteiger partial charge in [-0.05, 0) is 65.8 Å². The Morgan fingerprint density at radius 3 is 2.28 bits per heavy atom. The van der Waals surface area contributed by atoms with Gasteiger partial charge in [-0.1, -0.05) is 87.2 Å². The van der Waals surface area contributed by atoms with Crippen LogP contribution in [-0.2, 0) is 16.0 Å². The molecule has 202 valence electrons. The van der Waals surface area contributed by atoms with Crippen LogP contribution in [0, 0.1) is 0 Å². The first-order chi connectivity index (χ1) is 18.9. The molecule has 0 spiro atoms. The number of aromatic amines is 1. The van der Waals surface area contributed by atoms with Gasteiger partial charge in [-0.2, -0.15) is 0 Å². The molecule has 1 unspecified atom stereocenters. The van der Waals surface area contributed by atoms with Crippen molar-refractivity contribution in [3.8, 4) is 0 Å². The van der Waals surface area contributed by atoms with Crippen LogP contribution < -0.4 is 10.2 Å². The second-order valence-electron chi connectivity index (χ2n) is 10.8. The zero-order valence-electron chi connectivity index (χ0n) is 22.6. The first-order valence-corrected chi connectivity index (χ1v) is 14.3. The molecule has 5 rings (SSSR count). The van der Waals surface area contributed by atoms with Crippen molar-refractivity contribution in [3.63, 3.8) is 0 Å². The van der Waals surface area contributed by atoms with Crippen LogP contribution in [0.2, 0.25) is 5.02 Å². The largest absolute Gasteiger partial charge is 0.361 e. The molecule has 6 heteroatoms. The van der Waals surface area contributed by atoms with Crippen LogP contribution in [0.4, 0.5) is 5.69 Å². The smallest absolute Gasteiger partial charge is 0.248 e. The lowest BCUT2D eigenvalue weighted by atomic mass is 9.94. The fourth-order valence-corrected chi connectivity index (χ4v) is 5.70. The van der Waals surface area contributed by atoms with Crippen LogP contribution in [0.3, 0.4) is 0 Å². The Morgan fingerprint density at radius 2 is 1.59 bits per heavy atom. The van der Waals surface area contributed by atoms with E-state index in [0.29, 0.717) is 16.6 Å². The van der Waals surface area contributed by atoms with Gasteiger partial charge >= 0.3 is 0 Å². The maximum absolute atomic E-state index is 14.3. The molecule has 1 aromatic heterocycles. The van der Waals surface area contributed by atoms with Crippen LogP contribution >= 0.6 is 11.6 Å². The van der Waals surface area contributed by atoms with E-state index in [1.54, 1.807) is 17.0 Å². The number of carbonyl (C=O) groups is 2.